The number of hydrogen-bond donors (Lipinski definition) is 0. The lowest BCUT2D eigenvalue weighted by Gasteiger charge is -2.03. The molecular weight excluding hydrogens is 188 g/mol. The van der Waals surface area contributed by atoms with Crippen LogP contribution in [0.5, 0.6) is 0 Å². The number of hydrogen-bond acceptors (Lipinski definition) is 3. The van der Waals surface area contributed by atoms with Crippen molar-refractivity contribution in [2.45, 2.75) is 12.8 Å². The van der Waals surface area contributed by atoms with Gasteiger partial charge in [0.15, 0.2) is 0 Å². The Morgan fingerprint density at radius 1 is 1.55 bits per heavy atom. The molecule has 66 valence electrons. The third kappa shape index (κ3) is 3.94. The van der Waals surface area contributed by atoms with Gasteiger partial charge >= 0.3 is 0 Å². The lowest BCUT2D eigenvalue weighted by atomic mass is 10.1. The normalized spacial score (nSPS) is 25.7. The molecule has 1 saturated heterocycles. The molecule has 0 saturated carbocycles. The lowest BCUT2D eigenvalue weighted by molar-refractivity contribution is 0.185. The average Bonchev–Trinajstić information content (AvgIpc) is 2.32. The second-order valence-corrected chi connectivity index (χ2v) is 5.66. The molecule has 0 aromatic heterocycles. The molecule has 11 heavy (non-hydrogen) atoms. The summed E-state index contributed by atoms with van der Waals surface area (Å²) in [4.78, 5) is 0. The third-order valence-electron chi connectivity index (χ3n) is 1.79. The topological polar surface area (TPSA) is 43.4 Å². The Balaban J connectivity index is 2.22. The van der Waals surface area contributed by atoms with Gasteiger partial charge in [-0.1, -0.05) is 0 Å². The summed E-state index contributed by atoms with van der Waals surface area (Å²) in [6, 6.07) is 0. The van der Waals surface area contributed by atoms with Gasteiger partial charge in [0.1, 0.15) is 0 Å². The van der Waals surface area contributed by atoms with E-state index in [0.29, 0.717) is 18.9 Å². The van der Waals surface area contributed by atoms with Crippen molar-refractivity contribution in [1.82, 2.24) is 0 Å². The third-order valence-corrected chi connectivity index (χ3v) is 2.98. The fourth-order valence-electron chi connectivity index (χ4n) is 1.12. The predicted molar refractivity (Wildman–Crippen MR) is 43.2 cm³/mol. The maximum Gasteiger partial charge on any atom is 0.232 e. The summed E-state index contributed by atoms with van der Waals surface area (Å²) in [7, 11) is 1.75. The van der Waals surface area contributed by atoms with Gasteiger partial charge in [-0.15, -0.1) is 0 Å². The van der Waals surface area contributed by atoms with E-state index in [1.807, 2.05) is 0 Å². The van der Waals surface area contributed by atoms with Crippen LogP contribution in [0.25, 0.3) is 0 Å². The minimum absolute atomic E-state index is 0.0720. The van der Waals surface area contributed by atoms with Crippen LogP contribution in [-0.4, -0.2) is 27.4 Å². The van der Waals surface area contributed by atoms with Crippen LogP contribution in [0.3, 0.4) is 0 Å². The first-order valence-corrected chi connectivity index (χ1v) is 6.06. The summed E-state index contributed by atoms with van der Waals surface area (Å²) in [5.74, 6) is 0.464. The molecule has 1 aliphatic rings. The molecule has 3 nitrogen and oxygen atoms in total. The van der Waals surface area contributed by atoms with Gasteiger partial charge in [-0.3, -0.25) is 0 Å². The van der Waals surface area contributed by atoms with Crippen molar-refractivity contribution >= 4 is 19.7 Å². The second kappa shape index (κ2) is 3.74. The van der Waals surface area contributed by atoms with Gasteiger partial charge in [-0.2, -0.15) is 0 Å². The summed E-state index contributed by atoms with van der Waals surface area (Å²) >= 11 is 0. The van der Waals surface area contributed by atoms with E-state index >= 15 is 0 Å². The van der Waals surface area contributed by atoms with E-state index < -0.39 is 9.05 Å². The smallest absolute Gasteiger partial charge is 0.232 e. The molecule has 1 aliphatic heterocycles. The molecule has 0 aromatic carbocycles. The van der Waals surface area contributed by atoms with E-state index in [-0.39, 0.29) is 5.75 Å². The Morgan fingerprint density at radius 2 is 2.27 bits per heavy atom. The Hall–Kier alpha value is 0.200. The predicted octanol–water partition coefficient (Wildman–Crippen LogP) is 0.982. The molecule has 0 N–H and O–H groups in total. The Bertz CT molecular complexity index is 206. The van der Waals surface area contributed by atoms with Crippen molar-refractivity contribution in [3.05, 3.63) is 0 Å². The largest absolute Gasteiger partial charge is 0.381 e. The van der Waals surface area contributed by atoms with Gasteiger partial charge in [0.25, 0.3) is 0 Å². The minimum Gasteiger partial charge on any atom is -0.381 e. The molecule has 0 aromatic rings. The molecular formula is C6H11ClO3S. The van der Waals surface area contributed by atoms with Crippen LogP contribution in [0.1, 0.15) is 12.8 Å². The average molecular weight is 199 g/mol. The highest BCUT2D eigenvalue weighted by Crippen LogP contribution is 2.17. The quantitative estimate of drug-likeness (QED) is 0.635. The standard InChI is InChI=1S/C6H11ClO3S/c7-11(8,9)4-2-6-1-3-10-5-6/h6H,1-5H2/t6-/m0/s1. The Morgan fingerprint density at radius 3 is 2.73 bits per heavy atom. The zero-order valence-electron chi connectivity index (χ0n) is 6.12. The monoisotopic (exact) mass is 198 g/mol. The zero-order chi connectivity index (χ0) is 8.32. The summed E-state index contributed by atoms with van der Waals surface area (Å²) < 4.78 is 26.1. The molecule has 1 fully saturated rings. The molecule has 0 unspecified atom stereocenters. The van der Waals surface area contributed by atoms with Crippen molar-refractivity contribution in [2.24, 2.45) is 5.92 Å². The summed E-state index contributed by atoms with van der Waals surface area (Å²) in [5.41, 5.74) is 0. The van der Waals surface area contributed by atoms with E-state index in [4.69, 9.17) is 15.4 Å². The van der Waals surface area contributed by atoms with Crippen LogP contribution >= 0.6 is 10.7 Å². The minimum atomic E-state index is -3.29. The summed E-state index contributed by atoms with van der Waals surface area (Å²) in [5, 5.41) is 0. The molecule has 1 atom stereocenters. The zero-order valence-corrected chi connectivity index (χ0v) is 7.70. The molecule has 5 heteroatoms. The van der Waals surface area contributed by atoms with Crippen molar-refractivity contribution in [3.63, 3.8) is 0 Å². The molecule has 0 aliphatic carbocycles. The first kappa shape index (κ1) is 9.29. The molecule has 0 radical (unpaired) electrons. The molecule has 0 spiro atoms. The van der Waals surface area contributed by atoms with Crippen LogP contribution in [0.2, 0.25) is 0 Å². The van der Waals surface area contributed by atoms with Gasteiger partial charge in [0.2, 0.25) is 9.05 Å². The molecule has 0 amide bonds. The Labute approximate surface area is 71.1 Å². The van der Waals surface area contributed by atoms with E-state index in [9.17, 15) is 8.42 Å². The van der Waals surface area contributed by atoms with Gasteiger partial charge < -0.3 is 4.74 Å². The van der Waals surface area contributed by atoms with Crippen LogP contribution in [0, 0.1) is 5.92 Å². The molecule has 0 bridgehead atoms. The fraction of sp³-hybridized carbons (Fsp3) is 1.00. The van der Waals surface area contributed by atoms with Gasteiger partial charge in [-0.05, 0) is 18.8 Å². The van der Waals surface area contributed by atoms with Crippen molar-refractivity contribution in [3.8, 4) is 0 Å². The van der Waals surface area contributed by atoms with Crippen LogP contribution in [0.4, 0.5) is 0 Å². The number of halogens is 1. The lowest BCUT2D eigenvalue weighted by Crippen LogP contribution is -2.06. The van der Waals surface area contributed by atoms with Crippen LogP contribution < -0.4 is 0 Å². The van der Waals surface area contributed by atoms with E-state index in [1.54, 1.807) is 0 Å². The van der Waals surface area contributed by atoms with Crippen molar-refractivity contribution in [1.29, 1.82) is 0 Å². The maximum absolute atomic E-state index is 10.5. The first-order chi connectivity index (χ1) is 5.08. The van der Waals surface area contributed by atoms with Crippen LogP contribution in [0.15, 0.2) is 0 Å². The Kier molecular flexibility index (Phi) is 3.16. The maximum atomic E-state index is 10.5. The van der Waals surface area contributed by atoms with Crippen molar-refractivity contribution in [2.75, 3.05) is 19.0 Å². The molecule has 1 rings (SSSR count). The van der Waals surface area contributed by atoms with E-state index in [0.717, 1.165) is 13.0 Å². The van der Waals surface area contributed by atoms with E-state index in [1.165, 1.54) is 0 Å². The van der Waals surface area contributed by atoms with Gasteiger partial charge in [0.05, 0.1) is 5.75 Å². The highest BCUT2D eigenvalue weighted by Gasteiger charge is 2.17. The highest BCUT2D eigenvalue weighted by atomic mass is 35.7. The highest BCUT2D eigenvalue weighted by molar-refractivity contribution is 8.13. The fourth-order valence-corrected chi connectivity index (χ4v) is 2.00. The summed E-state index contributed by atoms with van der Waals surface area (Å²) in [6.07, 6.45) is 1.60. The number of rotatable bonds is 3. The second-order valence-electron chi connectivity index (χ2n) is 2.76. The van der Waals surface area contributed by atoms with Gasteiger partial charge in [0, 0.05) is 23.9 Å². The molecule has 1 heterocycles. The SMILES string of the molecule is O=S(=O)(Cl)CC[C@@H]1CCOC1. The first-order valence-electron chi connectivity index (χ1n) is 3.58. The van der Waals surface area contributed by atoms with Crippen molar-refractivity contribution < 1.29 is 13.2 Å². The summed E-state index contributed by atoms with van der Waals surface area (Å²) in [6.45, 7) is 1.44. The van der Waals surface area contributed by atoms with E-state index in [2.05, 4.69) is 0 Å². The van der Waals surface area contributed by atoms with Crippen LogP contribution in [-0.2, 0) is 13.8 Å². The van der Waals surface area contributed by atoms with Gasteiger partial charge in [-0.25, -0.2) is 8.42 Å². The number of ether oxygens (including phenoxy) is 1.